The molecule has 0 saturated heterocycles. The SMILES string of the molecule is CCCCCOC(=O)Oc1ccc(C[C@H](N)C(=O)OC[C@H](C)OC(=O)OC(C)(C)C)cc1OC(=O)OCCCCC. The zero-order valence-corrected chi connectivity index (χ0v) is 25.0. The van der Waals surface area contributed by atoms with Gasteiger partial charge in [-0.3, -0.25) is 4.79 Å². The van der Waals surface area contributed by atoms with Crippen LogP contribution >= 0.6 is 0 Å². The number of ether oxygens (including phenoxy) is 7. The molecule has 0 spiro atoms. The molecular weight excluding hydrogens is 538 g/mol. The van der Waals surface area contributed by atoms with Crippen molar-refractivity contribution in [2.45, 2.75) is 104 Å². The van der Waals surface area contributed by atoms with Crippen LogP contribution < -0.4 is 15.2 Å². The van der Waals surface area contributed by atoms with E-state index in [-0.39, 0.29) is 37.7 Å². The van der Waals surface area contributed by atoms with Gasteiger partial charge < -0.3 is 38.9 Å². The predicted octanol–water partition coefficient (Wildman–Crippen LogP) is 5.85. The molecule has 2 N–H and O–H groups in total. The van der Waals surface area contributed by atoms with Crippen LogP contribution in [0.5, 0.6) is 11.5 Å². The standard InChI is InChI=1S/C29H45NO11/c1-7-9-11-15-35-26(32)39-23-14-13-21(18-24(23)40-27(33)36-16-12-10-8-2)17-22(30)25(31)37-19-20(3)38-28(34)41-29(4,5)6/h13-14,18,20,22H,7-12,15-17,19,30H2,1-6H3/t20-,22-/m0/s1. The Balaban J connectivity index is 2.82. The molecule has 0 aromatic heterocycles. The average molecular weight is 584 g/mol. The minimum Gasteiger partial charge on any atom is -0.461 e. The summed E-state index contributed by atoms with van der Waals surface area (Å²) >= 11 is 0. The Morgan fingerprint density at radius 3 is 1.90 bits per heavy atom. The third-order valence-corrected chi connectivity index (χ3v) is 5.24. The lowest BCUT2D eigenvalue weighted by molar-refractivity contribution is -0.148. The van der Waals surface area contributed by atoms with Gasteiger partial charge in [-0.2, -0.15) is 0 Å². The third-order valence-electron chi connectivity index (χ3n) is 5.24. The van der Waals surface area contributed by atoms with Gasteiger partial charge in [-0.1, -0.05) is 45.6 Å². The van der Waals surface area contributed by atoms with Crippen molar-refractivity contribution in [1.82, 2.24) is 0 Å². The second-order valence-electron chi connectivity index (χ2n) is 10.4. The fourth-order valence-corrected chi connectivity index (χ4v) is 3.21. The van der Waals surface area contributed by atoms with Gasteiger partial charge in [0, 0.05) is 0 Å². The first kappa shape index (κ1) is 35.5. The van der Waals surface area contributed by atoms with E-state index in [2.05, 4.69) is 0 Å². The quantitative estimate of drug-likeness (QED) is 0.107. The predicted molar refractivity (Wildman–Crippen MR) is 149 cm³/mol. The van der Waals surface area contributed by atoms with E-state index in [0.717, 1.165) is 25.7 Å². The monoisotopic (exact) mass is 583 g/mol. The number of hydrogen-bond acceptors (Lipinski definition) is 12. The lowest BCUT2D eigenvalue weighted by Gasteiger charge is -2.21. The number of carbonyl (C=O) groups is 4. The highest BCUT2D eigenvalue weighted by molar-refractivity contribution is 5.76. The maximum atomic E-state index is 12.4. The maximum absolute atomic E-state index is 12.4. The largest absolute Gasteiger partial charge is 0.513 e. The number of rotatable bonds is 16. The van der Waals surface area contributed by atoms with E-state index >= 15 is 0 Å². The average Bonchev–Trinajstić information content (AvgIpc) is 2.88. The number of benzene rings is 1. The molecule has 1 rings (SSSR count). The van der Waals surface area contributed by atoms with Crippen LogP contribution in [0.4, 0.5) is 14.4 Å². The summed E-state index contributed by atoms with van der Waals surface area (Å²) < 4.78 is 36.0. The second kappa shape index (κ2) is 18.7. The Morgan fingerprint density at radius 2 is 1.37 bits per heavy atom. The molecule has 0 radical (unpaired) electrons. The Morgan fingerprint density at radius 1 is 0.805 bits per heavy atom. The van der Waals surface area contributed by atoms with E-state index in [9.17, 15) is 19.2 Å². The van der Waals surface area contributed by atoms with Crippen LogP contribution in [0.2, 0.25) is 0 Å². The van der Waals surface area contributed by atoms with Crippen LogP contribution in [-0.2, 0) is 34.9 Å². The van der Waals surface area contributed by atoms with Gasteiger partial charge in [0.2, 0.25) is 0 Å². The third kappa shape index (κ3) is 16.3. The first-order valence-electron chi connectivity index (χ1n) is 14.0. The highest BCUT2D eigenvalue weighted by atomic mass is 16.8. The summed E-state index contributed by atoms with van der Waals surface area (Å²) in [6, 6.07) is 3.28. The van der Waals surface area contributed by atoms with E-state index in [1.54, 1.807) is 33.8 Å². The van der Waals surface area contributed by atoms with Crippen LogP contribution in [0, 0.1) is 0 Å². The zero-order chi connectivity index (χ0) is 30.8. The van der Waals surface area contributed by atoms with E-state index in [1.807, 2.05) is 13.8 Å². The summed E-state index contributed by atoms with van der Waals surface area (Å²) in [6.07, 6.45) is 1.53. The van der Waals surface area contributed by atoms with Crippen molar-refractivity contribution in [3.8, 4) is 11.5 Å². The lowest BCUT2D eigenvalue weighted by atomic mass is 10.1. The van der Waals surface area contributed by atoms with E-state index in [1.165, 1.54) is 12.1 Å². The molecule has 0 aliphatic rings. The van der Waals surface area contributed by atoms with Crippen molar-refractivity contribution >= 4 is 24.4 Å². The zero-order valence-electron chi connectivity index (χ0n) is 25.0. The van der Waals surface area contributed by atoms with Crippen LogP contribution in [-0.4, -0.2) is 62.0 Å². The summed E-state index contributed by atoms with van der Waals surface area (Å²) in [7, 11) is 0. The first-order chi connectivity index (χ1) is 19.3. The van der Waals surface area contributed by atoms with Gasteiger partial charge in [0.05, 0.1) is 13.2 Å². The highest BCUT2D eigenvalue weighted by Gasteiger charge is 2.23. The fraction of sp³-hybridized carbons (Fsp3) is 0.655. The Hall–Kier alpha value is -3.54. The summed E-state index contributed by atoms with van der Waals surface area (Å²) in [5.74, 6) is -0.907. The summed E-state index contributed by atoms with van der Waals surface area (Å²) in [4.78, 5) is 48.6. The number of nitrogens with two attached hydrogens (primary N) is 1. The van der Waals surface area contributed by atoms with Crippen molar-refractivity contribution in [1.29, 1.82) is 0 Å². The second-order valence-corrected chi connectivity index (χ2v) is 10.4. The molecule has 0 saturated carbocycles. The number of unbranched alkanes of at least 4 members (excludes halogenated alkanes) is 4. The molecular formula is C29H45NO11. The molecule has 12 nitrogen and oxygen atoms in total. The number of esters is 1. The molecule has 0 aliphatic heterocycles. The van der Waals surface area contributed by atoms with Crippen molar-refractivity contribution in [3.63, 3.8) is 0 Å². The molecule has 0 heterocycles. The first-order valence-corrected chi connectivity index (χ1v) is 14.0. The van der Waals surface area contributed by atoms with E-state index in [0.29, 0.717) is 18.4 Å². The molecule has 0 fully saturated rings. The lowest BCUT2D eigenvalue weighted by Crippen LogP contribution is -2.36. The molecule has 0 amide bonds. The van der Waals surface area contributed by atoms with Gasteiger partial charge in [-0.05, 0) is 64.7 Å². The van der Waals surface area contributed by atoms with E-state index in [4.69, 9.17) is 38.9 Å². The minimum atomic E-state index is -1.09. The van der Waals surface area contributed by atoms with Gasteiger partial charge in [0.1, 0.15) is 24.4 Å². The van der Waals surface area contributed by atoms with Gasteiger partial charge >= 0.3 is 24.4 Å². The normalized spacial score (nSPS) is 12.5. The van der Waals surface area contributed by atoms with Gasteiger partial charge in [-0.25, -0.2) is 14.4 Å². The number of carbonyl (C=O) groups excluding carboxylic acids is 4. The van der Waals surface area contributed by atoms with E-state index < -0.39 is 42.2 Å². The molecule has 232 valence electrons. The minimum absolute atomic E-state index is 0.00376. The van der Waals surface area contributed by atoms with Crippen LogP contribution in [0.3, 0.4) is 0 Å². The van der Waals surface area contributed by atoms with Gasteiger partial charge in [-0.15, -0.1) is 0 Å². The molecule has 1 aromatic rings. The number of hydrogen-bond donors (Lipinski definition) is 1. The summed E-state index contributed by atoms with van der Waals surface area (Å²) in [5.41, 5.74) is 5.79. The van der Waals surface area contributed by atoms with Crippen molar-refractivity contribution in [2.75, 3.05) is 19.8 Å². The van der Waals surface area contributed by atoms with Gasteiger partial charge in [0.25, 0.3) is 0 Å². The molecule has 0 unspecified atom stereocenters. The molecule has 1 aromatic carbocycles. The smallest absolute Gasteiger partial charge is 0.461 e. The van der Waals surface area contributed by atoms with Crippen molar-refractivity contribution in [2.24, 2.45) is 5.73 Å². The van der Waals surface area contributed by atoms with Gasteiger partial charge in [0.15, 0.2) is 11.5 Å². The Labute approximate surface area is 242 Å². The Bertz CT molecular complexity index is 974. The van der Waals surface area contributed by atoms with Crippen molar-refractivity contribution in [3.05, 3.63) is 23.8 Å². The molecule has 12 heteroatoms. The molecule has 2 atom stereocenters. The van der Waals surface area contributed by atoms with Crippen LogP contribution in [0.15, 0.2) is 18.2 Å². The van der Waals surface area contributed by atoms with Crippen molar-refractivity contribution < 1.29 is 52.3 Å². The molecule has 0 bridgehead atoms. The molecule has 0 aliphatic carbocycles. The fourth-order valence-electron chi connectivity index (χ4n) is 3.21. The summed E-state index contributed by atoms with van der Waals surface area (Å²) in [5, 5.41) is 0. The molecule has 41 heavy (non-hydrogen) atoms. The van der Waals surface area contributed by atoms with Crippen LogP contribution in [0.25, 0.3) is 0 Å². The maximum Gasteiger partial charge on any atom is 0.513 e. The topological polar surface area (TPSA) is 159 Å². The Kier molecular flexibility index (Phi) is 16.2. The summed E-state index contributed by atoms with van der Waals surface area (Å²) in [6.45, 7) is 10.8. The van der Waals surface area contributed by atoms with Crippen LogP contribution in [0.1, 0.15) is 85.6 Å². The highest BCUT2D eigenvalue weighted by Crippen LogP contribution is 2.30.